The van der Waals surface area contributed by atoms with Crippen molar-refractivity contribution >= 4 is 23.0 Å². The van der Waals surface area contributed by atoms with E-state index in [0.29, 0.717) is 17.8 Å². The van der Waals surface area contributed by atoms with Crippen LogP contribution >= 0.6 is 11.3 Å². The molecule has 0 N–H and O–H groups in total. The van der Waals surface area contributed by atoms with E-state index in [1.54, 1.807) is 22.8 Å². The maximum Gasteiger partial charge on any atom is 0.343 e. The smallest absolute Gasteiger partial charge is 0.343 e. The van der Waals surface area contributed by atoms with E-state index in [0.717, 1.165) is 17.0 Å². The minimum absolute atomic E-state index is 0.334. The quantitative estimate of drug-likeness (QED) is 0.694. The Morgan fingerprint density at radius 1 is 1.33 bits per heavy atom. The molecule has 0 bridgehead atoms. The first-order valence-corrected chi connectivity index (χ1v) is 7.65. The second-order valence-corrected chi connectivity index (χ2v) is 5.65. The van der Waals surface area contributed by atoms with Crippen molar-refractivity contribution in [2.24, 2.45) is 0 Å². The van der Waals surface area contributed by atoms with Crippen LogP contribution in [0.15, 0.2) is 30.6 Å². The normalized spacial score (nSPS) is 11.0. The lowest BCUT2D eigenvalue weighted by molar-refractivity contribution is 0.0528. The standard InChI is InChI=1S/C15H15N3O2S/c1-3-10-5-6-13(21-10)12-7-8-18-14(17-12)11(9-16-18)15(19)20-4-2/h5-9H,3-4H2,1-2H3. The molecule has 3 rings (SSSR count). The molecule has 0 aromatic carbocycles. The maximum atomic E-state index is 11.9. The van der Waals surface area contributed by atoms with Gasteiger partial charge in [-0.15, -0.1) is 11.3 Å². The molecule has 21 heavy (non-hydrogen) atoms. The summed E-state index contributed by atoms with van der Waals surface area (Å²) >= 11 is 1.71. The van der Waals surface area contributed by atoms with Gasteiger partial charge < -0.3 is 4.74 Å². The molecule has 108 valence electrons. The molecule has 0 aliphatic carbocycles. The van der Waals surface area contributed by atoms with E-state index in [1.807, 2.05) is 12.3 Å². The van der Waals surface area contributed by atoms with Crippen molar-refractivity contribution in [1.29, 1.82) is 0 Å². The van der Waals surface area contributed by atoms with Crippen LogP contribution in [0.5, 0.6) is 0 Å². The monoisotopic (exact) mass is 301 g/mol. The third kappa shape index (κ3) is 2.54. The number of fused-ring (bicyclic) bond motifs is 1. The number of ether oxygens (including phenoxy) is 1. The van der Waals surface area contributed by atoms with Crippen molar-refractivity contribution in [3.05, 3.63) is 41.0 Å². The topological polar surface area (TPSA) is 56.5 Å². The lowest BCUT2D eigenvalue weighted by Gasteiger charge is -2.01. The highest BCUT2D eigenvalue weighted by Crippen LogP contribution is 2.27. The fourth-order valence-corrected chi connectivity index (χ4v) is 2.98. The largest absolute Gasteiger partial charge is 0.462 e. The van der Waals surface area contributed by atoms with Gasteiger partial charge in [-0.25, -0.2) is 14.3 Å². The Balaban J connectivity index is 2.05. The van der Waals surface area contributed by atoms with Crippen molar-refractivity contribution in [1.82, 2.24) is 14.6 Å². The Hall–Kier alpha value is -2.21. The number of esters is 1. The van der Waals surface area contributed by atoms with E-state index in [1.165, 1.54) is 11.1 Å². The molecule has 0 radical (unpaired) electrons. The molecule has 5 nitrogen and oxygen atoms in total. The highest BCUT2D eigenvalue weighted by atomic mass is 32.1. The predicted molar refractivity (Wildman–Crippen MR) is 81.6 cm³/mol. The van der Waals surface area contributed by atoms with Crippen LogP contribution in [0.2, 0.25) is 0 Å². The molecule has 0 spiro atoms. The van der Waals surface area contributed by atoms with Gasteiger partial charge in [0.1, 0.15) is 5.56 Å². The minimum Gasteiger partial charge on any atom is -0.462 e. The zero-order valence-electron chi connectivity index (χ0n) is 11.9. The highest BCUT2D eigenvalue weighted by Gasteiger charge is 2.16. The van der Waals surface area contributed by atoms with Crippen molar-refractivity contribution < 1.29 is 9.53 Å². The van der Waals surface area contributed by atoms with Crippen molar-refractivity contribution in [2.45, 2.75) is 20.3 Å². The van der Waals surface area contributed by atoms with Gasteiger partial charge in [0.2, 0.25) is 0 Å². The first-order chi connectivity index (χ1) is 10.2. The second kappa shape index (κ2) is 5.65. The van der Waals surface area contributed by atoms with Gasteiger partial charge >= 0.3 is 5.97 Å². The van der Waals surface area contributed by atoms with Crippen LogP contribution in [0, 0.1) is 0 Å². The summed E-state index contributed by atoms with van der Waals surface area (Å²) < 4.78 is 6.62. The Morgan fingerprint density at radius 3 is 2.90 bits per heavy atom. The lowest BCUT2D eigenvalue weighted by Crippen LogP contribution is -2.05. The molecule has 0 aliphatic heterocycles. The zero-order valence-corrected chi connectivity index (χ0v) is 12.7. The SMILES string of the molecule is CCOC(=O)c1cnn2ccc(-c3ccc(CC)s3)nc12. The van der Waals surface area contributed by atoms with Gasteiger partial charge in [-0.3, -0.25) is 0 Å². The molecule has 3 aromatic rings. The summed E-state index contributed by atoms with van der Waals surface area (Å²) in [5.41, 5.74) is 1.77. The van der Waals surface area contributed by atoms with Gasteiger partial charge in [-0.1, -0.05) is 6.92 Å². The number of aromatic nitrogens is 3. The molecular formula is C15H15N3O2S. The lowest BCUT2D eigenvalue weighted by atomic mass is 10.3. The van der Waals surface area contributed by atoms with E-state index in [-0.39, 0.29) is 0 Å². The van der Waals surface area contributed by atoms with Crippen molar-refractivity contribution in [3.8, 4) is 10.6 Å². The molecule has 0 amide bonds. The molecule has 3 heterocycles. The van der Waals surface area contributed by atoms with E-state index in [9.17, 15) is 4.79 Å². The number of hydrogen-bond acceptors (Lipinski definition) is 5. The summed E-state index contributed by atoms with van der Waals surface area (Å²) in [4.78, 5) is 18.9. The van der Waals surface area contributed by atoms with E-state index >= 15 is 0 Å². The summed E-state index contributed by atoms with van der Waals surface area (Å²) in [5.74, 6) is -0.391. The van der Waals surface area contributed by atoms with Crippen molar-refractivity contribution in [2.75, 3.05) is 6.61 Å². The van der Waals surface area contributed by atoms with Gasteiger partial charge in [0, 0.05) is 11.1 Å². The number of carbonyl (C=O) groups excluding carboxylic acids is 1. The van der Waals surface area contributed by atoms with Gasteiger partial charge in [0.15, 0.2) is 5.65 Å². The van der Waals surface area contributed by atoms with Crippen LogP contribution in [0.25, 0.3) is 16.2 Å². The predicted octanol–water partition coefficient (Wildman–Crippen LogP) is 3.20. The van der Waals surface area contributed by atoms with Crippen LogP contribution in [-0.2, 0) is 11.2 Å². The Morgan fingerprint density at radius 2 is 2.19 bits per heavy atom. The van der Waals surface area contributed by atoms with Crippen LogP contribution < -0.4 is 0 Å². The third-order valence-corrected chi connectivity index (χ3v) is 4.38. The summed E-state index contributed by atoms with van der Waals surface area (Å²) in [5, 5.41) is 4.13. The summed E-state index contributed by atoms with van der Waals surface area (Å²) in [7, 11) is 0. The molecular weight excluding hydrogens is 286 g/mol. The molecule has 0 aliphatic rings. The van der Waals surface area contributed by atoms with Gasteiger partial charge in [-0.05, 0) is 31.5 Å². The molecule has 0 saturated heterocycles. The molecule has 0 atom stereocenters. The van der Waals surface area contributed by atoms with Crippen LogP contribution in [0.1, 0.15) is 29.1 Å². The Bertz CT molecular complexity index is 791. The first-order valence-electron chi connectivity index (χ1n) is 6.83. The van der Waals surface area contributed by atoms with Crippen molar-refractivity contribution in [3.63, 3.8) is 0 Å². The van der Waals surface area contributed by atoms with Gasteiger partial charge in [0.25, 0.3) is 0 Å². The number of thiophene rings is 1. The Kier molecular flexibility index (Phi) is 3.70. The van der Waals surface area contributed by atoms with Crippen LogP contribution in [0.4, 0.5) is 0 Å². The van der Waals surface area contributed by atoms with E-state index in [2.05, 4.69) is 29.1 Å². The summed E-state index contributed by atoms with van der Waals surface area (Å²) in [6.07, 6.45) is 4.31. The van der Waals surface area contributed by atoms with E-state index in [4.69, 9.17) is 4.74 Å². The van der Waals surface area contributed by atoms with Crippen LogP contribution in [-0.4, -0.2) is 27.2 Å². The zero-order chi connectivity index (χ0) is 14.8. The number of rotatable bonds is 4. The fraction of sp³-hybridized carbons (Fsp3) is 0.267. The number of nitrogens with zero attached hydrogens (tertiary/aromatic N) is 3. The fourth-order valence-electron chi connectivity index (χ4n) is 2.06. The molecule has 0 saturated carbocycles. The molecule has 6 heteroatoms. The average Bonchev–Trinajstić information content (AvgIpc) is 3.13. The first kappa shape index (κ1) is 13.8. The minimum atomic E-state index is -0.391. The number of carbonyl (C=O) groups is 1. The maximum absolute atomic E-state index is 11.9. The Labute approximate surface area is 126 Å². The number of aryl methyl sites for hydroxylation is 1. The second-order valence-electron chi connectivity index (χ2n) is 4.48. The van der Waals surface area contributed by atoms with E-state index < -0.39 is 5.97 Å². The average molecular weight is 301 g/mol. The molecule has 0 fully saturated rings. The number of hydrogen-bond donors (Lipinski definition) is 0. The van der Waals surface area contributed by atoms with Gasteiger partial charge in [0.05, 0.1) is 23.4 Å². The molecule has 0 unspecified atom stereocenters. The van der Waals surface area contributed by atoms with Crippen LogP contribution in [0.3, 0.4) is 0 Å². The summed E-state index contributed by atoms with van der Waals surface area (Å²) in [6.45, 7) is 4.24. The van der Waals surface area contributed by atoms with Gasteiger partial charge in [-0.2, -0.15) is 5.10 Å². The highest BCUT2D eigenvalue weighted by molar-refractivity contribution is 7.15. The third-order valence-electron chi connectivity index (χ3n) is 3.13. The molecule has 3 aromatic heterocycles. The summed E-state index contributed by atoms with van der Waals surface area (Å²) in [6, 6.07) is 6.07.